The Balaban J connectivity index is 0.00000108. The number of anilines is 1. The highest BCUT2D eigenvalue weighted by Gasteiger charge is 2.45. The fourth-order valence-corrected chi connectivity index (χ4v) is 7.72. The van der Waals surface area contributed by atoms with Crippen molar-refractivity contribution in [3.63, 3.8) is 0 Å². The third-order valence-electron chi connectivity index (χ3n) is 8.27. The van der Waals surface area contributed by atoms with E-state index >= 15 is 0 Å². The topological polar surface area (TPSA) is 3.24 Å². The van der Waals surface area contributed by atoms with E-state index in [1.807, 2.05) is 25.2 Å². The van der Waals surface area contributed by atoms with E-state index in [1.54, 1.807) is 5.57 Å². The molecule has 2 heterocycles. The summed E-state index contributed by atoms with van der Waals surface area (Å²) in [6.45, 7) is 8.80. The molecule has 0 saturated heterocycles. The largest absolute Gasteiger partial charge is 0.333 e. The lowest BCUT2D eigenvalue weighted by atomic mass is 9.76. The molecule has 1 aromatic heterocycles. The Morgan fingerprint density at radius 2 is 1.64 bits per heavy atom. The molecule has 4 aliphatic rings. The SMILES string of the molecule is CC.CC1(C)C2=C(C=C3C4=C(C=C=C4)N(c4ccc5sc6ccccc6c5c4)C3C2)c2ccccc21. The summed E-state index contributed by atoms with van der Waals surface area (Å²) >= 11 is 1.88. The molecule has 0 bridgehead atoms. The van der Waals surface area contributed by atoms with Crippen LogP contribution < -0.4 is 4.90 Å². The molecule has 8 rings (SSSR count). The van der Waals surface area contributed by atoms with Crippen molar-refractivity contribution < 1.29 is 0 Å². The molecule has 0 amide bonds. The van der Waals surface area contributed by atoms with Gasteiger partial charge < -0.3 is 4.90 Å². The van der Waals surface area contributed by atoms with Crippen LogP contribution in [0.4, 0.5) is 5.69 Å². The molecule has 4 aromatic rings. The van der Waals surface area contributed by atoms with Crippen molar-refractivity contribution in [2.45, 2.75) is 45.6 Å². The van der Waals surface area contributed by atoms with E-state index in [0.29, 0.717) is 6.04 Å². The lowest BCUT2D eigenvalue weighted by Crippen LogP contribution is -2.34. The Morgan fingerprint density at radius 3 is 2.53 bits per heavy atom. The van der Waals surface area contributed by atoms with Gasteiger partial charge in [0.25, 0.3) is 0 Å². The van der Waals surface area contributed by atoms with E-state index in [2.05, 4.69) is 109 Å². The number of fused-ring (bicyclic) bond motifs is 7. The minimum atomic E-state index is 0.0614. The Kier molecular flexibility index (Phi) is 4.64. The Morgan fingerprint density at radius 1 is 0.861 bits per heavy atom. The summed E-state index contributed by atoms with van der Waals surface area (Å²) in [5.74, 6) is 0. The normalized spacial score (nSPS) is 20.4. The third-order valence-corrected chi connectivity index (χ3v) is 9.42. The van der Waals surface area contributed by atoms with E-state index in [-0.39, 0.29) is 5.41 Å². The molecule has 0 N–H and O–H groups in total. The molecule has 0 radical (unpaired) electrons. The van der Waals surface area contributed by atoms with Gasteiger partial charge in [0, 0.05) is 42.9 Å². The maximum atomic E-state index is 3.39. The van der Waals surface area contributed by atoms with E-state index in [0.717, 1.165) is 6.42 Å². The second-order valence-electron chi connectivity index (χ2n) is 10.3. The minimum Gasteiger partial charge on any atom is -0.333 e. The van der Waals surface area contributed by atoms with Gasteiger partial charge in [0.05, 0.1) is 11.7 Å². The third kappa shape index (κ3) is 2.77. The van der Waals surface area contributed by atoms with Gasteiger partial charge in [-0.2, -0.15) is 0 Å². The zero-order chi connectivity index (χ0) is 24.6. The molecule has 0 spiro atoms. The van der Waals surface area contributed by atoms with Gasteiger partial charge in [0.15, 0.2) is 0 Å². The molecule has 1 unspecified atom stereocenters. The smallest absolute Gasteiger partial charge is 0.0636 e. The molecular weight excluding hydrogens is 454 g/mol. The zero-order valence-electron chi connectivity index (χ0n) is 21.2. The Hall–Kier alpha value is -3.58. The predicted molar refractivity (Wildman–Crippen MR) is 156 cm³/mol. The van der Waals surface area contributed by atoms with Crippen LogP contribution in [0.2, 0.25) is 0 Å². The summed E-state index contributed by atoms with van der Waals surface area (Å²) in [5.41, 5.74) is 14.7. The molecule has 3 aromatic carbocycles. The van der Waals surface area contributed by atoms with Crippen LogP contribution in [0.1, 0.15) is 45.2 Å². The first-order valence-electron chi connectivity index (χ1n) is 13.0. The van der Waals surface area contributed by atoms with Crippen LogP contribution in [-0.2, 0) is 5.41 Å². The molecule has 3 aliphatic carbocycles. The van der Waals surface area contributed by atoms with Gasteiger partial charge >= 0.3 is 0 Å². The number of benzene rings is 3. The summed E-state index contributed by atoms with van der Waals surface area (Å²) in [7, 11) is 0. The standard InChI is InChI=1S/C32H23NS.C2H6/c1-32(2)26-11-5-3-8-20(26)23-17-24-21-10-7-12-28(21)33(29(24)18-27(23)32)19-14-15-31-25(16-19)22-9-4-6-13-30(22)34-31;1-2/h3-6,8-17,29H,18H2,1-2H3;1-2H3. The van der Waals surface area contributed by atoms with Crippen molar-refractivity contribution in [3.8, 4) is 0 Å². The summed E-state index contributed by atoms with van der Waals surface area (Å²) < 4.78 is 2.71. The van der Waals surface area contributed by atoms with Gasteiger partial charge in [-0.25, -0.2) is 0 Å². The molecule has 1 nitrogen and oxygen atoms in total. The monoisotopic (exact) mass is 483 g/mol. The van der Waals surface area contributed by atoms with Gasteiger partial charge in [0.1, 0.15) is 0 Å². The average molecular weight is 484 g/mol. The molecule has 0 saturated carbocycles. The van der Waals surface area contributed by atoms with Gasteiger partial charge in [0.2, 0.25) is 0 Å². The molecule has 1 aliphatic heterocycles. The second kappa shape index (κ2) is 7.71. The van der Waals surface area contributed by atoms with Crippen LogP contribution in [0.25, 0.3) is 25.7 Å². The molecule has 36 heavy (non-hydrogen) atoms. The van der Waals surface area contributed by atoms with E-state index in [4.69, 9.17) is 0 Å². The number of thiophene rings is 1. The summed E-state index contributed by atoms with van der Waals surface area (Å²) in [5, 5.41) is 2.71. The van der Waals surface area contributed by atoms with E-state index in [9.17, 15) is 0 Å². The summed E-state index contributed by atoms with van der Waals surface area (Å²) in [4.78, 5) is 2.58. The maximum absolute atomic E-state index is 3.39. The average Bonchev–Trinajstić information content (AvgIpc) is 3.65. The lowest BCUT2D eigenvalue weighted by molar-refractivity contribution is 0.581. The quantitative estimate of drug-likeness (QED) is 0.244. The first kappa shape index (κ1) is 21.7. The van der Waals surface area contributed by atoms with Gasteiger partial charge in [-0.05, 0) is 70.7 Å². The molecular formula is C34H29NS. The highest BCUT2D eigenvalue weighted by atomic mass is 32.1. The summed E-state index contributed by atoms with van der Waals surface area (Å²) in [6, 6.07) is 25.1. The fourth-order valence-electron chi connectivity index (χ4n) is 6.63. The van der Waals surface area contributed by atoms with Crippen molar-refractivity contribution in [3.05, 3.63) is 124 Å². The van der Waals surface area contributed by atoms with Crippen molar-refractivity contribution in [2.75, 3.05) is 4.90 Å². The predicted octanol–water partition coefficient (Wildman–Crippen LogP) is 9.32. The molecule has 1 atom stereocenters. The highest BCUT2D eigenvalue weighted by Crippen LogP contribution is 2.55. The van der Waals surface area contributed by atoms with Crippen LogP contribution in [0.3, 0.4) is 0 Å². The van der Waals surface area contributed by atoms with E-state index in [1.165, 1.54) is 59.4 Å². The Labute approximate surface area is 217 Å². The number of allylic oxidation sites excluding steroid dienone is 3. The van der Waals surface area contributed by atoms with Gasteiger partial charge in [-0.3, -0.25) is 0 Å². The molecule has 176 valence electrons. The van der Waals surface area contributed by atoms with Crippen molar-refractivity contribution in [1.29, 1.82) is 0 Å². The minimum absolute atomic E-state index is 0.0614. The van der Waals surface area contributed by atoms with Crippen LogP contribution >= 0.6 is 11.3 Å². The van der Waals surface area contributed by atoms with Crippen LogP contribution in [0.5, 0.6) is 0 Å². The molecule has 2 heteroatoms. The van der Waals surface area contributed by atoms with Crippen LogP contribution in [-0.4, -0.2) is 6.04 Å². The molecule has 0 fully saturated rings. The maximum Gasteiger partial charge on any atom is 0.0636 e. The number of nitrogens with zero attached hydrogens (tertiary/aromatic N) is 1. The fraction of sp³-hybridized carbons (Fsp3) is 0.206. The lowest BCUT2D eigenvalue weighted by Gasteiger charge is -2.35. The van der Waals surface area contributed by atoms with Crippen molar-refractivity contribution in [1.82, 2.24) is 0 Å². The van der Waals surface area contributed by atoms with Gasteiger partial charge in [-0.1, -0.05) is 70.2 Å². The van der Waals surface area contributed by atoms with Crippen molar-refractivity contribution >= 4 is 42.8 Å². The number of rotatable bonds is 1. The zero-order valence-corrected chi connectivity index (χ0v) is 22.0. The van der Waals surface area contributed by atoms with Crippen molar-refractivity contribution in [2.24, 2.45) is 0 Å². The number of hydrogen-bond donors (Lipinski definition) is 0. The second-order valence-corrected chi connectivity index (χ2v) is 11.4. The summed E-state index contributed by atoms with van der Waals surface area (Å²) in [6.07, 6.45) is 7.90. The first-order chi connectivity index (χ1) is 17.6. The number of hydrogen-bond acceptors (Lipinski definition) is 2. The van der Waals surface area contributed by atoms with Gasteiger partial charge in [-0.15, -0.1) is 17.1 Å². The van der Waals surface area contributed by atoms with Crippen LogP contribution in [0.15, 0.2) is 113 Å². The van der Waals surface area contributed by atoms with Crippen LogP contribution in [0, 0.1) is 0 Å². The first-order valence-corrected chi connectivity index (χ1v) is 13.9. The Bertz CT molecular complexity index is 1750. The van der Waals surface area contributed by atoms with E-state index < -0.39 is 0 Å². The highest BCUT2D eigenvalue weighted by molar-refractivity contribution is 7.25.